The number of carbonyl (C=O) groups excluding carboxylic acids is 1. The molecule has 13 heavy (non-hydrogen) atoms. The van der Waals surface area contributed by atoms with Gasteiger partial charge in [0.25, 0.3) is 0 Å². The molecule has 0 saturated carbocycles. The Kier molecular flexibility index (Phi) is 3.37. The first kappa shape index (κ1) is 10.1. The van der Waals surface area contributed by atoms with Gasteiger partial charge in [-0.05, 0) is 24.8 Å². The molecule has 1 rings (SSSR count). The molecule has 70 valence electrons. The lowest BCUT2D eigenvalue weighted by molar-refractivity contribution is 0.102. The van der Waals surface area contributed by atoms with Crippen LogP contribution in [0.3, 0.4) is 0 Å². The third-order valence-corrected chi connectivity index (χ3v) is 2.45. The van der Waals surface area contributed by atoms with Crippen molar-refractivity contribution >= 4 is 23.2 Å². The number of carbonyl (C=O) groups is 1. The number of thioether (sulfide) groups is 1. The van der Waals surface area contributed by atoms with Gasteiger partial charge in [0, 0.05) is 11.3 Å². The smallest absolute Gasteiger partial charge is 0.174 e. The zero-order chi connectivity index (χ0) is 9.84. The maximum atomic E-state index is 11.5. The number of para-hydroxylation sites is 1. The average molecular weight is 195 g/mol. The van der Waals surface area contributed by atoms with Gasteiger partial charge in [0.1, 0.15) is 0 Å². The van der Waals surface area contributed by atoms with E-state index in [4.69, 9.17) is 5.73 Å². The number of nitrogen functional groups attached to an aromatic ring is 1. The molecule has 0 atom stereocenters. The standard InChI is InChI=1S/C10H13NOS/c1-7-4-3-5-8(10(7)11)9(12)6-13-2/h3-5H,6,11H2,1-2H3. The number of benzene rings is 1. The SMILES string of the molecule is CSCC(=O)c1cccc(C)c1N. The van der Waals surface area contributed by atoms with Gasteiger partial charge in [-0.3, -0.25) is 4.79 Å². The summed E-state index contributed by atoms with van der Waals surface area (Å²) >= 11 is 1.51. The highest BCUT2D eigenvalue weighted by Crippen LogP contribution is 2.17. The number of aryl methyl sites for hydroxylation is 1. The lowest BCUT2D eigenvalue weighted by Crippen LogP contribution is -2.07. The molecule has 0 aliphatic heterocycles. The zero-order valence-corrected chi connectivity index (χ0v) is 8.65. The van der Waals surface area contributed by atoms with Crippen molar-refractivity contribution in [1.29, 1.82) is 0 Å². The second kappa shape index (κ2) is 4.33. The molecule has 0 saturated heterocycles. The maximum Gasteiger partial charge on any atom is 0.174 e. The highest BCUT2D eigenvalue weighted by atomic mass is 32.2. The van der Waals surface area contributed by atoms with E-state index in [2.05, 4.69) is 0 Å². The van der Waals surface area contributed by atoms with E-state index in [0.29, 0.717) is 17.0 Å². The van der Waals surface area contributed by atoms with Crippen LogP contribution in [0.5, 0.6) is 0 Å². The fourth-order valence-corrected chi connectivity index (χ4v) is 1.55. The van der Waals surface area contributed by atoms with Crippen molar-refractivity contribution in [3.8, 4) is 0 Å². The van der Waals surface area contributed by atoms with Gasteiger partial charge >= 0.3 is 0 Å². The van der Waals surface area contributed by atoms with Crippen molar-refractivity contribution < 1.29 is 4.79 Å². The van der Waals surface area contributed by atoms with Crippen LogP contribution < -0.4 is 5.73 Å². The van der Waals surface area contributed by atoms with Crippen LogP contribution in [-0.2, 0) is 0 Å². The van der Waals surface area contributed by atoms with Crippen molar-refractivity contribution in [3.63, 3.8) is 0 Å². The lowest BCUT2D eigenvalue weighted by atomic mass is 10.1. The predicted octanol–water partition coefficient (Wildman–Crippen LogP) is 2.12. The molecule has 0 spiro atoms. The van der Waals surface area contributed by atoms with E-state index >= 15 is 0 Å². The summed E-state index contributed by atoms with van der Waals surface area (Å²) < 4.78 is 0. The first-order valence-electron chi connectivity index (χ1n) is 4.04. The van der Waals surface area contributed by atoms with E-state index in [9.17, 15) is 4.79 Å². The number of ketones is 1. The van der Waals surface area contributed by atoms with Crippen LogP contribution in [0.4, 0.5) is 5.69 Å². The fraction of sp³-hybridized carbons (Fsp3) is 0.300. The van der Waals surface area contributed by atoms with Gasteiger partial charge in [-0.25, -0.2) is 0 Å². The molecule has 0 radical (unpaired) electrons. The molecule has 1 aromatic carbocycles. The van der Waals surface area contributed by atoms with Crippen LogP contribution in [0.2, 0.25) is 0 Å². The summed E-state index contributed by atoms with van der Waals surface area (Å²) in [5, 5.41) is 0. The second-order valence-electron chi connectivity index (χ2n) is 2.89. The molecule has 0 aliphatic rings. The van der Waals surface area contributed by atoms with Gasteiger partial charge in [-0.2, -0.15) is 11.8 Å². The van der Waals surface area contributed by atoms with Gasteiger partial charge in [0.15, 0.2) is 5.78 Å². The van der Waals surface area contributed by atoms with Crippen molar-refractivity contribution in [3.05, 3.63) is 29.3 Å². The van der Waals surface area contributed by atoms with E-state index in [1.54, 1.807) is 6.07 Å². The summed E-state index contributed by atoms with van der Waals surface area (Å²) in [7, 11) is 0. The van der Waals surface area contributed by atoms with E-state index in [1.807, 2.05) is 25.3 Å². The Morgan fingerprint density at radius 3 is 2.85 bits per heavy atom. The highest BCUT2D eigenvalue weighted by Gasteiger charge is 2.09. The quantitative estimate of drug-likeness (QED) is 0.593. The van der Waals surface area contributed by atoms with Crippen molar-refractivity contribution in [2.24, 2.45) is 0 Å². The Hall–Kier alpha value is -0.960. The molecule has 2 N–H and O–H groups in total. The Labute approximate surface area is 82.5 Å². The molecule has 0 bridgehead atoms. The molecule has 2 nitrogen and oxygen atoms in total. The van der Waals surface area contributed by atoms with Crippen LogP contribution in [0.25, 0.3) is 0 Å². The number of nitrogens with two attached hydrogens (primary N) is 1. The largest absolute Gasteiger partial charge is 0.398 e. The van der Waals surface area contributed by atoms with Crippen LogP contribution in [0, 0.1) is 6.92 Å². The van der Waals surface area contributed by atoms with Crippen molar-refractivity contribution in [2.45, 2.75) is 6.92 Å². The van der Waals surface area contributed by atoms with E-state index in [1.165, 1.54) is 11.8 Å². The Balaban J connectivity index is 3.01. The van der Waals surface area contributed by atoms with E-state index in [0.717, 1.165) is 5.56 Å². The Morgan fingerprint density at radius 1 is 1.54 bits per heavy atom. The summed E-state index contributed by atoms with van der Waals surface area (Å²) in [4.78, 5) is 11.5. The molecule has 1 aromatic rings. The minimum atomic E-state index is 0.105. The highest BCUT2D eigenvalue weighted by molar-refractivity contribution is 7.99. The second-order valence-corrected chi connectivity index (χ2v) is 3.76. The minimum absolute atomic E-state index is 0.105. The Bertz CT molecular complexity index is 323. The molecule has 0 fully saturated rings. The summed E-state index contributed by atoms with van der Waals surface area (Å²) in [6, 6.07) is 5.55. The van der Waals surface area contributed by atoms with Gasteiger partial charge in [-0.15, -0.1) is 0 Å². The topological polar surface area (TPSA) is 43.1 Å². The van der Waals surface area contributed by atoms with Crippen molar-refractivity contribution in [1.82, 2.24) is 0 Å². The van der Waals surface area contributed by atoms with Gasteiger partial charge in [-0.1, -0.05) is 12.1 Å². The van der Waals surface area contributed by atoms with E-state index < -0.39 is 0 Å². The molecule has 0 unspecified atom stereocenters. The summed E-state index contributed by atoms with van der Waals surface area (Å²) in [6.45, 7) is 1.91. The number of hydrogen-bond acceptors (Lipinski definition) is 3. The molecule has 0 aliphatic carbocycles. The molecular weight excluding hydrogens is 182 g/mol. The number of Topliss-reactive ketones (excluding diaryl/α,β-unsaturated/α-hetero) is 1. The monoisotopic (exact) mass is 195 g/mol. The van der Waals surface area contributed by atoms with Gasteiger partial charge in [0.2, 0.25) is 0 Å². The predicted molar refractivity (Wildman–Crippen MR) is 58.3 cm³/mol. The van der Waals surface area contributed by atoms with Gasteiger partial charge in [0.05, 0.1) is 5.75 Å². The Morgan fingerprint density at radius 2 is 2.23 bits per heavy atom. The van der Waals surface area contributed by atoms with Crippen LogP contribution in [-0.4, -0.2) is 17.8 Å². The van der Waals surface area contributed by atoms with Crippen LogP contribution in [0.1, 0.15) is 15.9 Å². The molecule has 0 heterocycles. The average Bonchev–Trinajstić information content (AvgIpc) is 2.10. The molecule has 0 amide bonds. The lowest BCUT2D eigenvalue weighted by Gasteiger charge is -2.05. The molecule has 0 aromatic heterocycles. The van der Waals surface area contributed by atoms with Crippen LogP contribution in [0.15, 0.2) is 18.2 Å². The normalized spacial score (nSPS) is 10.0. The van der Waals surface area contributed by atoms with Gasteiger partial charge < -0.3 is 5.73 Å². The molecular formula is C10H13NOS. The summed E-state index contributed by atoms with van der Waals surface area (Å²) in [5.74, 6) is 0.599. The first-order valence-corrected chi connectivity index (χ1v) is 5.43. The summed E-state index contributed by atoms with van der Waals surface area (Å²) in [6.07, 6.45) is 1.91. The summed E-state index contributed by atoms with van der Waals surface area (Å²) in [5.41, 5.74) is 8.01. The maximum absolute atomic E-state index is 11.5. The third-order valence-electron chi connectivity index (χ3n) is 1.90. The first-order chi connectivity index (χ1) is 6.16. The van der Waals surface area contributed by atoms with E-state index in [-0.39, 0.29) is 5.78 Å². The third kappa shape index (κ3) is 2.25. The van der Waals surface area contributed by atoms with Crippen molar-refractivity contribution in [2.75, 3.05) is 17.7 Å². The minimum Gasteiger partial charge on any atom is -0.398 e. The number of rotatable bonds is 3. The zero-order valence-electron chi connectivity index (χ0n) is 7.83. The number of hydrogen-bond donors (Lipinski definition) is 1. The molecule has 3 heteroatoms. The van der Waals surface area contributed by atoms with Crippen LogP contribution >= 0.6 is 11.8 Å². The number of anilines is 1. The fourth-order valence-electron chi connectivity index (χ4n) is 1.13.